The molecular formula is C11H22N2O2S. The summed E-state index contributed by atoms with van der Waals surface area (Å²) in [4.78, 5) is 11.9. The number of thiocarbonyl (C=S) groups is 1. The number of hydrogen-bond donors (Lipinski definition) is 2. The largest absolute Gasteiger partial charge is 0.392 e. The molecule has 0 aromatic carbocycles. The molecule has 0 aliphatic carbocycles. The maximum Gasteiger partial charge on any atom is 0.222 e. The molecule has 0 radical (unpaired) electrons. The Morgan fingerprint density at radius 3 is 2.50 bits per heavy atom. The van der Waals surface area contributed by atoms with Crippen LogP contribution in [0, 0.1) is 5.92 Å². The molecule has 0 fully saturated rings. The van der Waals surface area contributed by atoms with Crippen molar-refractivity contribution >= 4 is 23.1 Å². The average Bonchev–Trinajstić information content (AvgIpc) is 2.20. The Balaban J connectivity index is 3.87. The second-order valence-corrected chi connectivity index (χ2v) is 4.53. The van der Waals surface area contributed by atoms with Crippen LogP contribution >= 0.6 is 12.2 Å². The van der Waals surface area contributed by atoms with Crippen molar-refractivity contribution in [2.45, 2.75) is 39.7 Å². The summed E-state index contributed by atoms with van der Waals surface area (Å²) < 4.78 is 5.23. The Labute approximate surface area is 103 Å². The molecule has 1 amide bonds. The fourth-order valence-corrected chi connectivity index (χ4v) is 1.55. The highest BCUT2D eigenvalue weighted by atomic mass is 32.1. The summed E-state index contributed by atoms with van der Waals surface area (Å²) in [5, 5.41) is 2.81. The van der Waals surface area contributed by atoms with E-state index in [1.54, 1.807) is 0 Å². The van der Waals surface area contributed by atoms with Gasteiger partial charge in [-0.05, 0) is 12.3 Å². The SMILES string of the molecule is CCCOCCC(=O)NC(C(N)=S)C(C)C. The summed E-state index contributed by atoms with van der Waals surface area (Å²) in [6, 6.07) is -0.228. The molecule has 0 aliphatic heterocycles. The lowest BCUT2D eigenvalue weighted by atomic mass is 10.0. The van der Waals surface area contributed by atoms with Gasteiger partial charge in [-0.2, -0.15) is 0 Å². The zero-order valence-electron chi connectivity index (χ0n) is 10.3. The Kier molecular flexibility index (Phi) is 8.11. The second kappa shape index (κ2) is 8.47. The minimum Gasteiger partial charge on any atom is -0.392 e. The van der Waals surface area contributed by atoms with E-state index in [1.165, 1.54) is 0 Å². The first kappa shape index (κ1) is 15.3. The maximum atomic E-state index is 11.5. The molecule has 4 nitrogen and oxygen atoms in total. The Morgan fingerprint density at radius 1 is 1.44 bits per heavy atom. The number of ether oxygens (including phenoxy) is 1. The molecule has 0 rings (SSSR count). The lowest BCUT2D eigenvalue weighted by molar-refractivity contribution is -0.122. The number of carbonyl (C=O) groups is 1. The summed E-state index contributed by atoms with van der Waals surface area (Å²) in [5.41, 5.74) is 5.55. The number of amides is 1. The molecule has 16 heavy (non-hydrogen) atoms. The minimum absolute atomic E-state index is 0.0670. The van der Waals surface area contributed by atoms with Gasteiger partial charge in [0.25, 0.3) is 0 Å². The summed E-state index contributed by atoms with van der Waals surface area (Å²) in [7, 11) is 0. The van der Waals surface area contributed by atoms with Crippen molar-refractivity contribution in [3.63, 3.8) is 0 Å². The van der Waals surface area contributed by atoms with Crippen LogP contribution in [0.1, 0.15) is 33.6 Å². The van der Waals surface area contributed by atoms with Crippen LogP contribution in [0.15, 0.2) is 0 Å². The number of nitrogens with one attached hydrogen (secondary N) is 1. The summed E-state index contributed by atoms with van der Waals surface area (Å²) in [5.74, 6) is 0.139. The van der Waals surface area contributed by atoms with Crippen LogP contribution in [-0.4, -0.2) is 30.2 Å². The first-order chi connectivity index (χ1) is 7.49. The summed E-state index contributed by atoms with van der Waals surface area (Å²) in [6.07, 6.45) is 1.31. The van der Waals surface area contributed by atoms with Crippen molar-refractivity contribution in [3.05, 3.63) is 0 Å². The molecule has 5 heteroatoms. The van der Waals surface area contributed by atoms with Gasteiger partial charge in [0.05, 0.1) is 17.6 Å². The molecule has 0 aromatic heterocycles. The van der Waals surface area contributed by atoms with E-state index in [9.17, 15) is 4.79 Å². The van der Waals surface area contributed by atoms with E-state index in [0.717, 1.165) is 6.42 Å². The molecular weight excluding hydrogens is 224 g/mol. The second-order valence-electron chi connectivity index (χ2n) is 4.05. The predicted molar refractivity (Wildman–Crippen MR) is 69.3 cm³/mol. The maximum absolute atomic E-state index is 11.5. The van der Waals surface area contributed by atoms with Gasteiger partial charge in [-0.15, -0.1) is 0 Å². The van der Waals surface area contributed by atoms with Gasteiger partial charge in [0.2, 0.25) is 5.91 Å². The zero-order chi connectivity index (χ0) is 12.6. The quantitative estimate of drug-likeness (QED) is 0.499. The molecule has 94 valence electrons. The number of hydrogen-bond acceptors (Lipinski definition) is 3. The normalized spacial score (nSPS) is 12.5. The third-order valence-electron chi connectivity index (χ3n) is 2.11. The number of nitrogens with two attached hydrogens (primary N) is 1. The Morgan fingerprint density at radius 2 is 2.06 bits per heavy atom. The molecule has 0 aliphatic rings. The van der Waals surface area contributed by atoms with Gasteiger partial charge < -0.3 is 15.8 Å². The molecule has 0 aromatic rings. The van der Waals surface area contributed by atoms with Gasteiger partial charge in [0, 0.05) is 13.0 Å². The third kappa shape index (κ3) is 6.74. The van der Waals surface area contributed by atoms with Crippen LogP contribution in [0.2, 0.25) is 0 Å². The molecule has 3 N–H and O–H groups in total. The third-order valence-corrected chi connectivity index (χ3v) is 2.37. The van der Waals surface area contributed by atoms with E-state index < -0.39 is 0 Å². The van der Waals surface area contributed by atoms with Crippen LogP contribution in [0.4, 0.5) is 0 Å². The number of rotatable bonds is 8. The van der Waals surface area contributed by atoms with Crippen molar-refractivity contribution < 1.29 is 9.53 Å². The molecule has 0 bridgehead atoms. The summed E-state index contributed by atoms with van der Waals surface area (Å²) in [6.45, 7) is 7.11. The first-order valence-electron chi connectivity index (χ1n) is 5.65. The lowest BCUT2D eigenvalue weighted by Crippen LogP contribution is -2.47. The lowest BCUT2D eigenvalue weighted by Gasteiger charge is -2.20. The van der Waals surface area contributed by atoms with Crippen molar-refractivity contribution in [2.75, 3.05) is 13.2 Å². The monoisotopic (exact) mass is 246 g/mol. The van der Waals surface area contributed by atoms with Gasteiger partial charge >= 0.3 is 0 Å². The van der Waals surface area contributed by atoms with Crippen LogP contribution in [0.3, 0.4) is 0 Å². The van der Waals surface area contributed by atoms with Gasteiger partial charge in [-0.1, -0.05) is 33.0 Å². The van der Waals surface area contributed by atoms with Crippen molar-refractivity contribution in [3.8, 4) is 0 Å². The van der Waals surface area contributed by atoms with Crippen molar-refractivity contribution in [2.24, 2.45) is 11.7 Å². The molecule has 0 spiro atoms. The fourth-order valence-electron chi connectivity index (χ4n) is 1.22. The highest BCUT2D eigenvalue weighted by molar-refractivity contribution is 7.80. The van der Waals surface area contributed by atoms with Gasteiger partial charge in [-0.25, -0.2) is 0 Å². The van der Waals surface area contributed by atoms with Crippen LogP contribution < -0.4 is 11.1 Å². The van der Waals surface area contributed by atoms with Gasteiger partial charge in [-0.3, -0.25) is 4.79 Å². The van der Waals surface area contributed by atoms with Crippen LogP contribution in [-0.2, 0) is 9.53 Å². The topological polar surface area (TPSA) is 64.3 Å². The molecule has 1 atom stereocenters. The van der Waals surface area contributed by atoms with Crippen LogP contribution in [0.25, 0.3) is 0 Å². The Bertz CT molecular complexity index is 232. The predicted octanol–water partition coefficient (Wildman–Crippen LogP) is 1.23. The average molecular weight is 246 g/mol. The number of carbonyl (C=O) groups excluding carboxylic acids is 1. The standard InChI is InChI=1S/C11H22N2O2S/c1-4-6-15-7-5-9(14)13-10(8(2)3)11(12)16/h8,10H,4-7H2,1-3H3,(H2,12,16)(H,13,14). The van der Waals surface area contributed by atoms with Gasteiger partial charge in [0.15, 0.2) is 0 Å². The smallest absolute Gasteiger partial charge is 0.222 e. The summed E-state index contributed by atoms with van der Waals surface area (Å²) >= 11 is 4.90. The van der Waals surface area contributed by atoms with Gasteiger partial charge in [0.1, 0.15) is 0 Å². The van der Waals surface area contributed by atoms with E-state index in [0.29, 0.717) is 24.6 Å². The van der Waals surface area contributed by atoms with Crippen molar-refractivity contribution in [1.29, 1.82) is 0 Å². The highest BCUT2D eigenvalue weighted by Crippen LogP contribution is 2.02. The molecule has 0 saturated carbocycles. The molecule has 0 saturated heterocycles. The highest BCUT2D eigenvalue weighted by Gasteiger charge is 2.18. The van der Waals surface area contributed by atoms with E-state index in [1.807, 2.05) is 20.8 Å². The van der Waals surface area contributed by atoms with E-state index in [4.69, 9.17) is 22.7 Å². The Hall–Kier alpha value is -0.680. The molecule has 0 heterocycles. The molecule has 1 unspecified atom stereocenters. The van der Waals surface area contributed by atoms with E-state index >= 15 is 0 Å². The van der Waals surface area contributed by atoms with Crippen LogP contribution in [0.5, 0.6) is 0 Å². The van der Waals surface area contributed by atoms with E-state index in [2.05, 4.69) is 5.32 Å². The van der Waals surface area contributed by atoms with E-state index in [-0.39, 0.29) is 17.9 Å². The van der Waals surface area contributed by atoms with Crippen molar-refractivity contribution in [1.82, 2.24) is 5.32 Å². The fraction of sp³-hybridized carbons (Fsp3) is 0.818. The minimum atomic E-state index is -0.228. The first-order valence-corrected chi connectivity index (χ1v) is 6.06. The zero-order valence-corrected chi connectivity index (χ0v) is 11.1.